The van der Waals surface area contributed by atoms with Crippen LogP contribution in [0.25, 0.3) is 0 Å². The molecule has 0 bridgehead atoms. The van der Waals surface area contributed by atoms with Gasteiger partial charge in [0.05, 0.1) is 19.1 Å². The lowest BCUT2D eigenvalue weighted by molar-refractivity contribution is 0.302. The van der Waals surface area contributed by atoms with E-state index in [2.05, 4.69) is 11.0 Å². The van der Waals surface area contributed by atoms with E-state index in [0.29, 0.717) is 13.0 Å². The third kappa shape index (κ3) is 3.25. The summed E-state index contributed by atoms with van der Waals surface area (Å²) in [4.78, 5) is 2.05. The lowest BCUT2D eigenvalue weighted by Gasteiger charge is -2.22. The second kappa shape index (κ2) is 6.14. The quantitative estimate of drug-likeness (QED) is 0.762. The van der Waals surface area contributed by atoms with Gasteiger partial charge in [-0.05, 0) is 38.7 Å². The standard InChI is InChI=1S/C13H18N2O/c1-4-16-12-7-5-11(6-8-12)13(9-10-14)15(2)3/h5-8,13H,4,9H2,1-3H3. The maximum Gasteiger partial charge on any atom is 0.119 e. The molecule has 0 aliphatic heterocycles. The van der Waals surface area contributed by atoms with Crippen LogP contribution in [0.15, 0.2) is 24.3 Å². The van der Waals surface area contributed by atoms with Gasteiger partial charge in [0.25, 0.3) is 0 Å². The maximum absolute atomic E-state index is 8.78. The van der Waals surface area contributed by atoms with Crippen molar-refractivity contribution in [3.05, 3.63) is 29.8 Å². The van der Waals surface area contributed by atoms with E-state index in [0.717, 1.165) is 11.3 Å². The molecule has 0 aliphatic carbocycles. The maximum atomic E-state index is 8.78. The monoisotopic (exact) mass is 218 g/mol. The number of nitrogens with zero attached hydrogens (tertiary/aromatic N) is 2. The first kappa shape index (κ1) is 12.5. The molecule has 0 aliphatic rings. The summed E-state index contributed by atoms with van der Waals surface area (Å²) in [6.07, 6.45) is 0.501. The van der Waals surface area contributed by atoms with Crippen LogP contribution in [0, 0.1) is 11.3 Å². The zero-order chi connectivity index (χ0) is 12.0. The summed E-state index contributed by atoms with van der Waals surface area (Å²) in [6.45, 7) is 2.64. The predicted molar refractivity (Wildman–Crippen MR) is 64.3 cm³/mol. The zero-order valence-corrected chi connectivity index (χ0v) is 10.1. The Kier molecular flexibility index (Phi) is 4.81. The molecule has 0 fully saturated rings. The molecule has 1 unspecified atom stereocenters. The highest BCUT2D eigenvalue weighted by Gasteiger charge is 2.13. The molecule has 1 rings (SSSR count). The van der Waals surface area contributed by atoms with Crippen molar-refractivity contribution in [2.45, 2.75) is 19.4 Å². The van der Waals surface area contributed by atoms with Crippen LogP contribution in [-0.4, -0.2) is 25.6 Å². The minimum atomic E-state index is 0.153. The Morgan fingerprint density at radius 3 is 2.38 bits per heavy atom. The molecule has 16 heavy (non-hydrogen) atoms. The van der Waals surface area contributed by atoms with Gasteiger partial charge in [-0.15, -0.1) is 0 Å². The molecule has 86 valence electrons. The van der Waals surface area contributed by atoms with Crippen molar-refractivity contribution in [3.63, 3.8) is 0 Å². The van der Waals surface area contributed by atoms with Gasteiger partial charge in [0.1, 0.15) is 5.75 Å². The number of rotatable bonds is 5. The van der Waals surface area contributed by atoms with Crippen LogP contribution < -0.4 is 4.74 Å². The van der Waals surface area contributed by atoms with Crippen LogP contribution >= 0.6 is 0 Å². The summed E-state index contributed by atoms with van der Waals surface area (Å²) in [5.74, 6) is 0.876. The summed E-state index contributed by atoms with van der Waals surface area (Å²) >= 11 is 0. The van der Waals surface area contributed by atoms with Crippen molar-refractivity contribution in [2.75, 3.05) is 20.7 Å². The molecular formula is C13H18N2O. The predicted octanol–water partition coefficient (Wildman–Crippen LogP) is 2.60. The molecule has 0 saturated heterocycles. The van der Waals surface area contributed by atoms with E-state index in [1.807, 2.05) is 45.3 Å². The SMILES string of the molecule is CCOc1ccc(C(CC#N)N(C)C)cc1. The van der Waals surface area contributed by atoms with Crippen molar-refractivity contribution in [1.82, 2.24) is 4.90 Å². The summed E-state index contributed by atoms with van der Waals surface area (Å²) in [5.41, 5.74) is 1.15. The van der Waals surface area contributed by atoms with Crippen LogP contribution in [0.3, 0.4) is 0 Å². The Balaban J connectivity index is 2.82. The summed E-state index contributed by atoms with van der Waals surface area (Å²) in [7, 11) is 3.97. The Morgan fingerprint density at radius 1 is 1.31 bits per heavy atom. The number of hydrogen-bond donors (Lipinski definition) is 0. The highest BCUT2D eigenvalue weighted by atomic mass is 16.5. The van der Waals surface area contributed by atoms with E-state index in [-0.39, 0.29) is 6.04 Å². The normalized spacial score (nSPS) is 12.2. The number of benzene rings is 1. The second-order valence-corrected chi connectivity index (χ2v) is 3.84. The van der Waals surface area contributed by atoms with Gasteiger partial charge in [-0.2, -0.15) is 5.26 Å². The first-order valence-corrected chi connectivity index (χ1v) is 5.45. The summed E-state index contributed by atoms with van der Waals surface area (Å²) in [5, 5.41) is 8.78. The molecule has 0 N–H and O–H groups in total. The molecule has 3 heteroatoms. The molecule has 0 heterocycles. The Labute approximate surface area is 97.3 Å². The van der Waals surface area contributed by atoms with Crippen LogP contribution in [0.2, 0.25) is 0 Å². The summed E-state index contributed by atoms with van der Waals surface area (Å²) < 4.78 is 5.38. The minimum Gasteiger partial charge on any atom is -0.494 e. The van der Waals surface area contributed by atoms with E-state index >= 15 is 0 Å². The average Bonchev–Trinajstić information content (AvgIpc) is 2.27. The van der Waals surface area contributed by atoms with E-state index in [1.165, 1.54) is 0 Å². The Morgan fingerprint density at radius 2 is 1.94 bits per heavy atom. The minimum absolute atomic E-state index is 0.153. The third-order valence-electron chi connectivity index (χ3n) is 2.48. The van der Waals surface area contributed by atoms with Gasteiger partial charge in [-0.1, -0.05) is 12.1 Å². The van der Waals surface area contributed by atoms with E-state index in [4.69, 9.17) is 10.00 Å². The third-order valence-corrected chi connectivity index (χ3v) is 2.48. The van der Waals surface area contributed by atoms with Crippen LogP contribution in [-0.2, 0) is 0 Å². The fraction of sp³-hybridized carbons (Fsp3) is 0.462. The van der Waals surface area contributed by atoms with Gasteiger partial charge in [0, 0.05) is 6.04 Å². The average molecular weight is 218 g/mol. The van der Waals surface area contributed by atoms with Crippen molar-refractivity contribution < 1.29 is 4.74 Å². The molecular weight excluding hydrogens is 200 g/mol. The topological polar surface area (TPSA) is 36.3 Å². The Bertz CT molecular complexity index is 351. The fourth-order valence-electron chi connectivity index (χ4n) is 1.64. The first-order valence-electron chi connectivity index (χ1n) is 5.45. The lowest BCUT2D eigenvalue weighted by atomic mass is 10.0. The van der Waals surface area contributed by atoms with Crippen LogP contribution in [0.4, 0.5) is 0 Å². The first-order chi connectivity index (χ1) is 7.69. The van der Waals surface area contributed by atoms with Crippen molar-refractivity contribution >= 4 is 0 Å². The molecule has 0 amide bonds. The largest absolute Gasteiger partial charge is 0.494 e. The Hall–Kier alpha value is -1.53. The number of hydrogen-bond acceptors (Lipinski definition) is 3. The van der Waals surface area contributed by atoms with Crippen LogP contribution in [0.1, 0.15) is 24.9 Å². The van der Waals surface area contributed by atoms with Crippen molar-refractivity contribution in [1.29, 1.82) is 5.26 Å². The van der Waals surface area contributed by atoms with Crippen LogP contribution in [0.5, 0.6) is 5.75 Å². The molecule has 1 aromatic carbocycles. The molecule has 3 nitrogen and oxygen atoms in total. The summed E-state index contributed by atoms with van der Waals surface area (Å²) in [6, 6.07) is 10.3. The fourth-order valence-corrected chi connectivity index (χ4v) is 1.64. The van der Waals surface area contributed by atoms with Gasteiger partial charge >= 0.3 is 0 Å². The van der Waals surface area contributed by atoms with Gasteiger partial charge in [0.15, 0.2) is 0 Å². The van der Waals surface area contributed by atoms with E-state index in [1.54, 1.807) is 0 Å². The van der Waals surface area contributed by atoms with E-state index in [9.17, 15) is 0 Å². The molecule has 0 aromatic heterocycles. The second-order valence-electron chi connectivity index (χ2n) is 3.84. The molecule has 0 radical (unpaired) electrons. The van der Waals surface area contributed by atoms with Gasteiger partial charge in [-0.25, -0.2) is 0 Å². The smallest absolute Gasteiger partial charge is 0.119 e. The molecule has 1 aromatic rings. The molecule has 0 spiro atoms. The lowest BCUT2D eigenvalue weighted by Crippen LogP contribution is -2.19. The number of ether oxygens (including phenoxy) is 1. The van der Waals surface area contributed by atoms with Crippen molar-refractivity contribution in [3.8, 4) is 11.8 Å². The van der Waals surface area contributed by atoms with E-state index < -0.39 is 0 Å². The number of nitriles is 1. The van der Waals surface area contributed by atoms with Crippen molar-refractivity contribution in [2.24, 2.45) is 0 Å². The van der Waals surface area contributed by atoms with Gasteiger partial charge < -0.3 is 9.64 Å². The van der Waals surface area contributed by atoms with Gasteiger partial charge in [-0.3, -0.25) is 0 Å². The highest BCUT2D eigenvalue weighted by molar-refractivity contribution is 5.29. The molecule has 0 saturated carbocycles. The highest BCUT2D eigenvalue weighted by Crippen LogP contribution is 2.23. The zero-order valence-electron chi connectivity index (χ0n) is 10.1. The molecule has 1 atom stereocenters. The van der Waals surface area contributed by atoms with Gasteiger partial charge in [0.2, 0.25) is 0 Å².